The van der Waals surface area contributed by atoms with Crippen LogP contribution in [0.3, 0.4) is 0 Å². The molecule has 0 amide bonds. The predicted molar refractivity (Wildman–Crippen MR) is 71.1 cm³/mol. The maximum Gasteiger partial charge on any atom is 0.340 e. The van der Waals surface area contributed by atoms with Crippen molar-refractivity contribution in [3.05, 3.63) is 50.0 Å². The molecule has 0 aliphatic heterocycles. The minimum absolute atomic E-state index is 0.339. The zero-order chi connectivity index (χ0) is 12.3. The minimum Gasteiger partial charge on any atom is -0.295 e. The number of benzene rings is 1. The molecular formula is C10H8ClN3OS2. The molecule has 88 valence electrons. The molecule has 0 unspecified atom stereocenters. The van der Waals surface area contributed by atoms with E-state index >= 15 is 0 Å². The molecule has 0 fully saturated rings. The van der Waals surface area contributed by atoms with Gasteiger partial charge in [-0.05, 0) is 11.6 Å². The van der Waals surface area contributed by atoms with Gasteiger partial charge in [-0.15, -0.1) is 0 Å². The van der Waals surface area contributed by atoms with E-state index in [1.54, 1.807) is 0 Å². The second-order valence-electron chi connectivity index (χ2n) is 3.19. The van der Waals surface area contributed by atoms with Gasteiger partial charge in [0, 0.05) is 10.8 Å². The van der Waals surface area contributed by atoms with Crippen LogP contribution in [0.25, 0.3) is 0 Å². The number of aromatic nitrogens is 3. The Labute approximate surface area is 111 Å². The van der Waals surface area contributed by atoms with Gasteiger partial charge in [0.2, 0.25) is 0 Å². The SMILES string of the molecule is O=c1[nH]nc(SCc2ccccc2Cl)c(=S)[nH]1. The normalized spacial score (nSPS) is 10.4. The summed E-state index contributed by atoms with van der Waals surface area (Å²) < 4.78 is 0.339. The van der Waals surface area contributed by atoms with Gasteiger partial charge in [-0.3, -0.25) is 4.98 Å². The van der Waals surface area contributed by atoms with E-state index in [0.717, 1.165) is 5.56 Å². The lowest BCUT2D eigenvalue weighted by Crippen LogP contribution is -2.12. The number of halogens is 1. The first-order valence-electron chi connectivity index (χ1n) is 4.72. The topological polar surface area (TPSA) is 61.5 Å². The summed E-state index contributed by atoms with van der Waals surface area (Å²) in [5.41, 5.74) is 0.596. The molecule has 17 heavy (non-hydrogen) atoms. The third kappa shape index (κ3) is 3.18. The molecule has 0 aliphatic carbocycles. The molecule has 2 aromatic rings. The van der Waals surface area contributed by atoms with Crippen LogP contribution in [-0.4, -0.2) is 15.2 Å². The highest BCUT2D eigenvalue weighted by Gasteiger charge is 2.03. The van der Waals surface area contributed by atoms with E-state index in [1.165, 1.54) is 11.8 Å². The number of aromatic amines is 2. The summed E-state index contributed by atoms with van der Waals surface area (Å²) in [4.78, 5) is 13.4. The van der Waals surface area contributed by atoms with Crippen molar-refractivity contribution in [2.45, 2.75) is 10.8 Å². The van der Waals surface area contributed by atoms with Crippen LogP contribution >= 0.6 is 35.6 Å². The van der Waals surface area contributed by atoms with Crippen molar-refractivity contribution in [2.75, 3.05) is 0 Å². The number of thioether (sulfide) groups is 1. The lowest BCUT2D eigenvalue weighted by atomic mass is 10.2. The summed E-state index contributed by atoms with van der Waals surface area (Å²) in [5, 5.41) is 7.47. The van der Waals surface area contributed by atoms with Crippen LogP contribution in [0.4, 0.5) is 0 Å². The van der Waals surface area contributed by atoms with Crippen LogP contribution in [0.2, 0.25) is 5.02 Å². The molecule has 0 aliphatic rings. The van der Waals surface area contributed by atoms with E-state index < -0.39 is 5.69 Å². The van der Waals surface area contributed by atoms with E-state index in [1.807, 2.05) is 24.3 Å². The zero-order valence-electron chi connectivity index (χ0n) is 8.57. The van der Waals surface area contributed by atoms with Gasteiger partial charge >= 0.3 is 5.69 Å². The van der Waals surface area contributed by atoms with Gasteiger partial charge in [0.15, 0.2) is 5.03 Å². The molecule has 0 atom stereocenters. The number of nitrogens with zero attached hydrogens (tertiary/aromatic N) is 1. The summed E-state index contributed by atoms with van der Waals surface area (Å²) in [7, 11) is 0. The van der Waals surface area contributed by atoms with Crippen molar-refractivity contribution in [2.24, 2.45) is 0 Å². The van der Waals surface area contributed by atoms with Gasteiger partial charge < -0.3 is 0 Å². The Morgan fingerprint density at radius 2 is 2.18 bits per heavy atom. The van der Waals surface area contributed by atoms with Gasteiger partial charge in [-0.1, -0.05) is 53.8 Å². The maximum absolute atomic E-state index is 10.9. The zero-order valence-corrected chi connectivity index (χ0v) is 11.0. The molecule has 0 radical (unpaired) electrons. The Kier molecular flexibility index (Phi) is 3.98. The Hall–Kier alpha value is -1.11. The summed E-state index contributed by atoms with van der Waals surface area (Å²) in [5.74, 6) is 0.649. The summed E-state index contributed by atoms with van der Waals surface area (Å²) in [6.45, 7) is 0. The molecule has 0 bridgehead atoms. The van der Waals surface area contributed by atoms with Crippen molar-refractivity contribution in [1.82, 2.24) is 15.2 Å². The average molecular weight is 286 g/mol. The lowest BCUT2D eigenvalue weighted by Gasteiger charge is -2.02. The van der Waals surface area contributed by atoms with Crippen LogP contribution in [0.5, 0.6) is 0 Å². The van der Waals surface area contributed by atoms with E-state index in [0.29, 0.717) is 20.4 Å². The van der Waals surface area contributed by atoms with Gasteiger partial charge in [0.25, 0.3) is 0 Å². The van der Waals surface area contributed by atoms with Crippen molar-refractivity contribution >= 4 is 35.6 Å². The quantitative estimate of drug-likeness (QED) is 0.672. The highest BCUT2D eigenvalue weighted by Crippen LogP contribution is 2.24. The van der Waals surface area contributed by atoms with Crippen LogP contribution in [0.15, 0.2) is 34.1 Å². The molecule has 2 N–H and O–H groups in total. The fourth-order valence-corrected chi connectivity index (χ4v) is 2.63. The molecule has 1 heterocycles. The van der Waals surface area contributed by atoms with E-state index in [4.69, 9.17) is 23.8 Å². The highest BCUT2D eigenvalue weighted by atomic mass is 35.5. The average Bonchev–Trinajstić information content (AvgIpc) is 2.30. The molecule has 0 saturated heterocycles. The van der Waals surface area contributed by atoms with Crippen LogP contribution in [-0.2, 0) is 5.75 Å². The fraction of sp³-hybridized carbons (Fsp3) is 0.100. The van der Waals surface area contributed by atoms with E-state index in [9.17, 15) is 4.79 Å². The summed E-state index contributed by atoms with van der Waals surface area (Å²) in [6.07, 6.45) is 0. The Morgan fingerprint density at radius 3 is 2.88 bits per heavy atom. The van der Waals surface area contributed by atoms with Gasteiger partial charge in [0.05, 0.1) is 0 Å². The molecule has 4 nitrogen and oxygen atoms in total. The summed E-state index contributed by atoms with van der Waals surface area (Å²) in [6, 6.07) is 7.57. The third-order valence-corrected chi connectivity index (χ3v) is 3.82. The highest BCUT2D eigenvalue weighted by molar-refractivity contribution is 7.98. The number of hydrogen-bond acceptors (Lipinski definition) is 4. The second-order valence-corrected chi connectivity index (χ2v) is 4.97. The standard InChI is InChI=1S/C10H8ClN3OS2/c11-7-4-2-1-3-6(7)5-17-9-8(16)12-10(15)14-13-9/h1-4H,5H2,(H2,12,14,15,16). The Bertz CT molecular complexity index is 638. The molecular weight excluding hydrogens is 278 g/mol. The van der Waals surface area contributed by atoms with E-state index in [-0.39, 0.29) is 0 Å². The number of rotatable bonds is 3. The first-order chi connectivity index (χ1) is 8.16. The van der Waals surface area contributed by atoms with Crippen LogP contribution in [0, 0.1) is 4.64 Å². The smallest absolute Gasteiger partial charge is 0.295 e. The van der Waals surface area contributed by atoms with Gasteiger partial charge in [-0.2, -0.15) is 5.10 Å². The predicted octanol–water partition coefficient (Wildman–Crippen LogP) is 2.77. The first-order valence-corrected chi connectivity index (χ1v) is 6.49. The van der Waals surface area contributed by atoms with E-state index in [2.05, 4.69) is 15.2 Å². The largest absolute Gasteiger partial charge is 0.340 e. The maximum atomic E-state index is 10.9. The fourth-order valence-electron chi connectivity index (χ4n) is 1.20. The Balaban J connectivity index is 2.16. The third-order valence-electron chi connectivity index (χ3n) is 2.00. The van der Waals surface area contributed by atoms with Crippen molar-refractivity contribution in [3.63, 3.8) is 0 Å². The molecule has 1 aromatic carbocycles. The molecule has 1 aromatic heterocycles. The summed E-state index contributed by atoms with van der Waals surface area (Å²) >= 11 is 12.4. The molecule has 7 heteroatoms. The molecule has 0 spiro atoms. The Morgan fingerprint density at radius 1 is 1.41 bits per heavy atom. The second kappa shape index (κ2) is 5.48. The van der Waals surface area contributed by atoms with Crippen molar-refractivity contribution in [3.8, 4) is 0 Å². The molecule has 2 rings (SSSR count). The number of nitrogens with one attached hydrogen (secondary N) is 2. The first kappa shape index (κ1) is 12.3. The lowest BCUT2D eigenvalue weighted by molar-refractivity contribution is 0.825. The van der Waals surface area contributed by atoms with Gasteiger partial charge in [0.1, 0.15) is 4.64 Å². The van der Waals surface area contributed by atoms with Crippen molar-refractivity contribution in [1.29, 1.82) is 0 Å². The van der Waals surface area contributed by atoms with Crippen LogP contribution < -0.4 is 5.69 Å². The number of hydrogen-bond donors (Lipinski definition) is 2. The van der Waals surface area contributed by atoms with Crippen molar-refractivity contribution < 1.29 is 0 Å². The minimum atomic E-state index is -0.405. The molecule has 0 saturated carbocycles. The van der Waals surface area contributed by atoms with Crippen LogP contribution in [0.1, 0.15) is 5.56 Å². The number of H-pyrrole nitrogens is 2. The monoisotopic (exact) mass is 285 g/mol. The van der Waals surface area contributed by atoms with Gasteiger partial charge in [-0.25, -0.2) is 9.89 Å².